The number of cyclic esters (lactones) is 1. The lowest BCUT2D eigenvalue weighted by Crippen LogP contribution is -2.54. The molecule has 3 N–H and O–H groups in total. The fourth-order valence-electron chi connectivity index (χ4n) is 9.12. The Kier molecular flexibility index (Phi) is 16.6. The first kappa shape index (κ1) is 49.7. The lowest BCUT2D eigenvalue weighted by Gasteiger charge is -2.44. The number of ether oxygens (including phenoxy) is 5. The van der Waals surface area contributed by atoms with Gasteiger partial charge in [0, 0.05) is 25.3 Å². The van der Waals surface area contributed by atoms with E-state index in [1.165, 1.54) is 23.8 Å². The minimum atomic E-state index is -2.05. The number of hydrogen-bond donors (Lipinski definition) is 3. The summed E-state index contributed by atoms with van der Waals surface area (Å²) in [6.07, 6.45) is 8.81. The highest BCUT2D eigenvalue weighted by atomic mass is 28.4. The number of carbonyl (C=O) groups is 7. The molecule has 6 amide bonds. The summed E-state index contributed by atoms with van der Waals surface area (Å²) in [5, 5.41) is 7.62. The summed E-state index contributed by atoms with van der Waals surface area (Å²) in [7, 11) is -2.05. The number of benzene rings is 1. The lowest BCUT2D eigenvalue weighted by molar-refractivity contribution is -0.160. The molecule has 2 saturated heterocycles. The highest BCUT2D eigenvalue weighted by molar-refractivity contribution is 6.74. The fraction of sp³-hybridized carbons (Fsp3) is 0.638. The normalized spacial score (nSPS) is 26.8. The number of amides is 6. The molecule has 1 aromatic carbocycles. The Hall–Kier alpha value is -4.75. The number of allylic oxidation sites excluding steroid dienone is 3. The monoisotopic (exact) mass is 922 g/mol. The molecule has 2 aliphatic carbocycles. The van der Waals surface area contributed by atoms with Crippen LogP contribution in [-0.2, 0) is 47.3 Å². The smallest absolute Gasteiger partial charge is 0.407 e. The first-order valence-corrected chi connectivity index (χ1v) is 25.8. The summed E-state index contributed by atoms with van der Waals surface area (Å²) in [6, 6.07) is 3.32. The number of piperidine rings is 1. The van der Waals surface area contributed by atoms with Crippen LogP contribution in [0.5, 0.6) is 0 Å². The van der Waals surface area contributed by atoms with Crippen LogP contribution in [0.25, 0.3) is 0 Å². The highest BCUT2D eigenvalue weighted by Gasteiger charge is 2.47. The number of alkyl carbamates (subject to hydrolysis) is 1. The minimum absolute atomic E-state index is 0.00277. The minimum Gasteiger partial charge on any atom is -0.462 e. The topological polar surface area (TPSA) is 214 Å². The van der Waals surface area contributed by atoms with Crippen molar-refractivity contribution in [2.75, 3.05) is 51.5 Å². The molecule has 2 fully saturated rings. The number of esters is 1. The van der Waals surface area contributed by atoms with Gasteiger partial charge in [-0.1, -0.05) is 58.9 Å². The SMILES string of the molecule is C[C@H]1C=C2C=C[C@H](C)[C@H](CC[C@@H]3C[C@@H](O[Si](C)(C)C(C)(C)C)CC(=O)O3)[C@H]2[C@@H](OC(=O)NCCOCCOCCOCC(=O)Nc2cccc3c2C(=O)N(C2CCC(=O)NC2=O)C3=O)C1. The molecule has 5 aliphatic rings. The van der Waals surface area contributed by atoms with Crippen LogP contribution in [0.2, 0.25) is 18.1 Å². The molecule has 1 unspecified atom stereocenters. The van der Waals surface area contributed by atoms with Gasteiger partial charge in [0.25, 0.3) is 11.8 Å². The van der Waals surface area contributed by atoms with E-state index in [2.05, 4.69) is 81.9 Å². The van der Waals surface area contributed by atoms with E-state index in [1.54, 1.807) is 0 Å². The number of carbonyl (C=O) groups excluding carboxylic acids is 7. The maximum atomic E-state index is 13.3. The molecule has 356 valence electrons. The van der Waals surface area contributed by atoms with Crippen molar-refractivity contribution in [3.63, 3.8) is 0 Å². The molecule has 17 nitrogen and oxygen atoms in total. The molecule has 8 atom stereocenters. The van der Waals surface area contributed by atoms with Crippen molar-refractivity contribution in [1.29, 1.82) is 0 Å². The van der Waals surface area contributed by atoms with Crippen molar-refractivity contribution in [2.24, 2.45) is 23.7 Å². The Morgan fingerprint density at radius 3 is 2.38 bits per heavy atom. The largest absolute Gasteiger partial charge is 0.462 e. The Morgan fingerprint density at radius 1 is 0.938 bits per heavy atom. The second-order valence-corrected chi connectivity index (χ2v) is 24.0. The van der Waals surface area contributed by atoms with Gasteiger partial charge in [-0.15, -0.1) is 0 Å². The lowest BCUT2D eigenvalue weighted by atomic mass is 9.65. The van der Waals surface area contributed by atoms with Gasteiger partial charge in [0.05, 0.1) is 62.4 Å². The van der Waals surface area contributed by atoms with Gasteiger partial charge in [0.1, 0.15) is 24.9 Å². The van der Waals surface area contributed by atoms with E-state index in [1.807, 2.05) is 0 Å². The van der Waals surface area contributed by atoms with Crippen LogP contribution in [0.1, 0.15) is 100 Å². The molecular formula is C47H66N4O13Si. The molecule has 0 spiro atoms. The van der Waals surface area contributed by atoms with Crippen LogP contribution in [0.3, 0.4) is 0 Å². The Morgan fingerprint density at radius 2 is 1.66 bits per heavy atom. The Balaban J connectivity index is 0.856. The van der Waals surface area contributed by atoms with Crippen molar-refractivity contribution < 1.29 is 61.7 Å². The van der Waals surface area contributed by atoms with Gasteiger partial charge < -0.3 is 38.7 Å². The first-order chi connectivity index (χ1) is 30.8. The molecule has 3 aliphatic heterocycles. The fourth-order valence-corrected chi connectivity index (χ4v) is 10.5. The number of imide groups is 2. The number of fused-ring (bicyclic) bond motifs is 2. The number of rotatable bonds is 19. The van der Waals surface area contributed by atoms with Crippen LogP contribution in [0, 0.1) is 23.7 Å². The van der Waals surface area contributed by atoms with Crippen LogP contribution in [0.4, 0.5) is 10.5 Å². The molecule has 65 heavy (non-hydrogen) atoms. The molecule has 0 bridgehead atoms. The second-order valence-electron chi connectivity index (χ2n) is 19.3. The molecule has 6 rings (SSSR count). The van der Waals surface area contributed by atoms with Crippen molar-refractivity contribution in [2.45, 2.75) is 122 Å². The van der Waals surface area contributed by atoms with Gasteiger partial charge in [0.2, 0.25) is 17.7 Å². The quantitative estimate of drug-likeness (QED) is 0.0682. The Labute approximate surface area is 382 Å². The average Bonchev–Trinajstić information content (AvgIpc) is 3.47. The van der Waals surface area contributed by atoms with Gasteiger partial charge >= 0.3 is 12.1 Å². The van der Waals surface area contributed by atoms with Gasteiger partial charge in [-0.2, -0.15) is 0 Å². The Bertz CT molecular complexity index is 2030. The number of hydrogen-bond acceptors (Lipinski definition) is 13. The third-order valence-corrected chi connectivity index (χ3v) is 17.9. The van der Waals surface area contributed by atoms with E-state index < -0.39 is 50.0 Å². The maximum absolute atomic E-state index is 13.3. The van der Waals surface area contributed by atoms with Crippen molar-refractivity contribution >= 4 is 55.6 Å². The standard InChI is InChI=1S/C47H66N4O13Si/c1-28-23-30-12-11-29(2)33(14-13-31-25-32(26-40(54)62-31)64-65(6,7)47(3,4)5)41(30)37(24-28)63-46(58)48-17-18-59-19-20-60-21-22-61-27-39(53)49-35-10-8-9-34-42(35)45(57)51(44(34)56)36-15-16-38(52)50-43(36)55/h8-12,23,28-29,31-33,36-37,41H,13-22,24-27H2,1-7H3,(H,48,58)(H,49,53)(H,50,52,55)/t28-,29-,31+,32+,33-,36?,37-,41-/m0/s1. The molecule has 0 radical (unpaired) electrons. The molecule has 1 aromatic rings. The predicted octanol–water partition coefficient (Wildman–Crippen LogP) is 5.45. The van der Waals surface area contributed by atoms with Crippen molar-refractivity contribution in [1.82, 2.24) is 15.5 Å². The van der Waals surface area contributed by atoms with Gasteiger partial charge in [-0.05, 0) is 79.3 Å². The maximum Gasteiger partial charge on any atom is 0.407 e. The van der Waals surface area contributed by atoms with E-state index in [4.69, 9.17) is 28.1 Å². The average molecular weight is 923 g/mol. The zero-order chi connectivity index (χ0) is 47.1. The van der Waals surface area contributed by atoms with E-state index in [0.29, 0.717) is 19.3 Å². The second kappa shape index (κ2) is 21.7. The predicted molar refractivity (Wildman–Crippen MR) is 240 cm³/mol. The number of nitrogens with one attached hydrogen (secondary N) is 3. The molecule has 0 saturated carbocycles. The summed E-state index contributed by atoms with van der Waals surface area (Å²) in [4.78, 5) is 89.5. The zero-order valence-corrected chi connectivity index (χ0v) is 39.7. The molecule has 0 aromatic heterocycles. The highest BCUT2D eigenvalue weighted by Crippen LogP contribution is 2.46. The third kappa shape index (κ3) is 12.6. The number of anilines is 1. The van der Waals surface area contributed by atoms with Gasteiger partial charge in [-0.3, -0.25) is 39.0 Å². The third-order valence-electron chi connectivity index (χ3n) is 13.4. The summed E-state index contributed by atoms with van der Waals surface area (Å²) < 4.78 is 35.2. The van der Waals surface area contributed by atoms with E-state index >= 15 is 0 Å². The van der Waals surface area contributed by atoms with Crippen LogP contribution < -0.4 is 16.0 Å². The summed E-state index contributed by atoms with van der Waals surface area (Å²) in [5.41, 5.74) is 1.32. The van der Waals surface area contributed by atoms with Crippen LogP contribution >= 0.6 is 0 Å². The van der Waals surface area contributed by atoms with Crippen LogP contribution in [0.15, 0.2) is 42.0 Å². The summed E-state index contributed by atoms with van der Waals surface area (Å²) >= 11 is 0. The van der Waals surface area contributed by atoms with Crippen LogP contribution in [-0.4, -0.2) is 125 Å². The van der Waals surface area contributed by atoms with Crippen molar-refractivity contribution in [3.8, 4) is 0 Å². The van der Waals surface area contributed by atoms with E-state index in [9.17, 15) is 33.6 Å². The zero-order valence-electron chi connectivity index (χ0n) is 38.7. The summed E-state index contributed by atoms with van der Waals surface area (Å²) in [6.45, 7) is 16.3. The molecular weight excluding hydrogens is 857 g/mol. The molecule has 18 heteroatoms. The summed E-state index contributed by atoms with van der Waals surface area (Å²) in [5.74, 6) is -2.61. The van der Waals surface area contributed by atoms with E-state index in [0.717, 1.165) is 17.7 Å². The van der Waals surface area contributed by atoms with Crippen molar-refractivity contribution in [3.05, 3.63) is 53.1 Å². The van der Waals surface area contributed by atoms with E-state index in [-0.39, 0.29) is 129 Å². The molecule has 3 heterocycles. The van der Waals surface area contributed by atoms with Gasteiger partial charge in [-0.25, -0.2) is 4.79 Å². The number of nitrogens with zero attached hydrogens (tertiary/aromatic N) is 1. The first-order valence-electron chi connectivity index (χ1n) is 22.9. The van der Waals surface area contributed by atoms with Gasteiger partial charge in [0.15, 0.2) is 8.32 Å².